The molecule has 7 heteroatoms. The van der Waals surface area contributed by atoms with Gasteiger partial charge in [-0.15, -0.1) is 10.2 Å². The van der Waals surface area contributed by atoms with Crippen LogP contribution in [0.1, 0.15) is 31.5 Å². The highest BCUT2D eigenvalue weighted by Crippen LogP contribution is 2.40. The van der Waals surface area contributed by atoms with Crippen LogP contribution in [-0.2, 0) is 6.54 Å². The number of benzene rings is 1. The molecule has 0 aliphatic heterocycles. The third kappa shape index (κ3) is 2.66. The second kappa shape index (κ2) is 5.81. The molecule has 5 nitrogen and oxygen atoms in total. The smallest absolute Gasteiger partial charge is 0.198 e. The SMILES string of the molecule is CCn1c(Sc2nc(C3CC3)ns2)nnc1-c1ccccc1. The maximum absolute atomic E-state index is 4.61. The Kier molecular flexibility index (Phi) is 3.67. The molecule has 2 aromatic heterocycles. The summed E-state index contributed by atoms with van der Waals surface area (Å²) >= 11 is 3.01. The molecular weight excluding hydrogens is 314 g/mol. The lowest BCUT2D eigenvalue weighted by Gasteiger charge is -2.05. The molecule has 0 amide bonds. The summed E-state index contributed by atoms with van der Waals surface area (Å²) in [6, 6.07) is 10.2. The summed E-state index contributed by atoms with van der Waals surface area (Å²) in [6.07, 6.45) is 2.45. The Hall–Kier alpha value is -1.73. The summed E-state index contributed by atoms with van der Waals surface area (Å²) in [7, 11) is 0. The van der Waals surface area contributed by atoms with Gasteiger partial charge >= 0.3 is 0 Å². The second-order valence-corrected chi connectivity index (χ2v) is 7.18. The molecule has 3 aromatic rings. The first-order valence-electron chi connectivity index (χ1n) is 7.35. The molecule has 0 spiro atoms. The highest BCUT2D eigenvalue weighted by atomic mass is 32.2. The quantitative estimate of drug-likeness (QED) is 0.712. The fourth-order valence-corrected chi connectivity index (χ4v) is 3.98. The summed E-state index contributed by atoms with van der Waals surface area (Å²) in [5.74, 6) is 2.49. The van der Waals surface area contributed by atoms with Gasteiger partial charge in [-0.3, -0.25) is 0 Å². The van der Waals surface area contributed by atoms with E-state index >= 15 is 0 Å². The minimum absolute atomic E-state index is 0.592. The topological polar surface area (TPSA) is 56.5 Å². The van der Waals surface area contributed by atoms with Gasteiger partial charge in [-0.2, -0.15) is 4.37 Å². The predicted octanol–water partition coefficient (Wildman–Crippen LogP) is 3.85. The zero-order chi connectivity index (χ0) is 14.9. The molecule has 1 aliphatic rings. The Morgan fingerprint density at radius 2 is 2.05 bits per heavy atom. The van der Waals surface area contributed by atoms with Gasteiger partial charge < -0.3 is 4.57 Å². The molecule has 0 radical (unpaired) electrons. The lowest BCUT2D eigenvalue weighted by atomic mass is 10.2. The molecule has 22 heavy (non-hydrogen) atoms. The fourth-order valence-electron chi connectivity index (χ4n) is 2.30. The van der Waals surface area contributed by atoms with Crippen molar-refractivity contribution in [1.82, 2.24) is 24.1 Å². The Labute approximate surface area is 137 Å². The largest absolute Gasteiger partial charge is 0.302 e. The van der Waals surface area contributed by atoms with Gasteiger partial charge in [-0.05, 0) is 43.1 Å². The lowest BCUT2D eigenvalue weighted by molar-refractivity contribution is 0.687. The van der Waals surface area contributed by atoms with Gasteiger partial charge in [0.2, 0.25) is 0 Å². The van der Waals surface area contributed by atoms with E-state index in [4.69, 9.17) is 0 Å². The van der Waals surface area contributed by atoms with Crippen LogP contribution in [-0.4, -0.2) is 24.1 Å². The van der Waals surface area contributed by atoms with Crippen molar-refractivity contribution >= 4 is 23.3 Å². The van der Waals surface area contributed by atoms with Gasteiger partial charge in [0, 0.05) is 18.0 Å². The van der Waals surface area contributed by atoms with E-state index in [-0.39, 0.29) is 0 Å². The second-order valence-electron chi connectivity index (χ2n) is 5.21. The van der Waals surface area contributed by atoms with E-state index in [1.54, 1.807) is 11.8 Å². The highest BCUT2D eigenvalue weighted by Gasteiger charge is 2.28. The molecule has 1 aromatic carbocycles. The van der Waals surface area contributed by atoms with Crippen LogP contribution in [0, 0.1) is 0 Å². The minimum atomic E-state index is 0.592. The first-order valence-corrected chi connectivity index (χ1v) is 8.94. The van der Waals surface area contributed by atoms with Crippen molar-refractivity contribution in [3.63, 3.8) is 0 Å². The van der Waals surface area contributed by atoms with Gasteiger partial charge in [0.25, 0.3) is 0 Å². The molecule has 0 atom stereocenters. The number of aromatic nitrogens is 5. The number of rotatable bonds is 5. The molecule has 1 aliphatic carbocycles. The van der Waals surface area contributed by atoms with Crippen molar-refractivity contribution < 1.29 is 0 Å². The van der Waals surface area contributed by atoms with E-state index in [0.29, 0.717) is 5.92 Å². The summed E-state index contributed by atoms with van der Waals surface area (Å²) < 4.78 is 7.52. The van der Waals surface area contributed by atoms with E-state index < -0.39 is 0 Å². The van der Waals surface area contributed by atoms with E-state index in [1.165, 1.54) is 24.4 Å². The van der Waals surface area contributed by atoms with Crippen molar-refractivity contribution in [3.05, 3.63) is 36.2 Å². The molecule has 0 saturated heterocycles. The summed E-state index contributed by atoms with van der Waals surface area (Å²) in [5.41, 5.74) is 1.08. The molecule has 0 unspecified atom stereocenters. The molecule has 112 valence electrons. The van der Waals surface area contributed by atoms with Crippen LogP contribution in [0.4, 0.5) is 0 Å². The average Bonchev–Trinajstić information content (AvgIpc) is 3.17. The third-order valence-electron chi connectivity index (χ3n) is 3.61. The van der Waals surface area contributed by atoms with E-state index in [1.807, 2.05) is 18.2 Å². The first-order chi connectivity index (χ1) is 10.8. The van der Waals surface area contributed by atoms with E-state index in [2.05, 4.69) is 43.2 Å². The summed E-state index contributed by atoms with van der Waals surface area (Å²) in [5, 5.41) is 9.57. The number of hydrogen-bond donors (Lipinski definition) is 0. The van der Waals surface area contributed by atoms with Gasteiger partial charge in [-0.25, -0.2) is 4.98 Å². The van der Waals surface area contributed by atoms with Gasteiger partial charge in [-0.1, -0.05) is 30.3 Å². The molecule has 1 fully saturated rings. The van der Waals surface area contributed by atoms with Crippen LogP contribution in [0.2, 0.25) is 0 Å². The van der Waals surface area contributed by atoms with Crippen LogP contribution in [0.15, 0.2) is 39.8 Å². The Morgan fingerprint density at radius 3 is 2.77 bits per heavy atom. The summed E-state index contributed by atoms with van der Waals surface area (Å²) in [6.45, 7) is 2.93. The monoisotopic (exact) mass is 329 g/mol. The Balaban J connectivity index is 1.62. The molecule has 2 heterocycles. The van der Waals surface area contributed by atoms with Crippen LogP contribution in [0.5, 0.6) is 0 Å². The minimum Gasteiger partial charge on any atom is -0.302 e. The molecule has 4 rings (SSSR count). The zero-order valence-corrected chi connectivity index (χ0v) is 13.8. The normalized spacial score (nSPS) is 14.4. The maximum Gasteiger partial charge on any atom is 0.198 e. The standard InChI is InChI=1S/C15H15N5S2/c1-2-20-13(11-6-4-3-5-7-11)17-18-14(20)21-15-16-12(19-22-15)10-8-9-10/h3-7,10H,2,8-9H2,1H3. The third-order valence-corrected chi connectivity index (χ3v) is 5.36. The van der Waals surface area contributed by atoms with Crippen molar-refractivity contribution in [3.8, 4) is 11.4 Å². The predicted molar refractivity (Wildman–Crippen MR) is 87.1 cm³/mol. The van der Waals surface area contributed by atoms with Crippen LogP contribution in [0.25, 0.3) is 11.4 Å². The van der Waals surface area contributed by atoms with Crippen molar-refractivity contribution in [2.24, 2.45) is 0 Å². The van der Waals surface area contributed by atoms with E-state index in [0.717, 1.165) is 33.3 Å². The fraction of sp³-hybridized carbons (Fsp3) is 0.333. The zero-order valence-electron chi connectivity index (χ0n) is 12.1. The van der Waals surface area contributed by atoms with Crippen molar-refractivity contribution in [1.29, 1.82) is 0 Å². The van der Waals surface area contributed by atoms with Crippen LogP contribution in [0.3, 0.4) is 0 Å². The first kappa shape index (κ1) is 13.9. The van der Waals surface area contributed by atoms with Gasteiger partial charge in [0.05, 0.1) is 0 Å². The molecule has 1 saturated carbocycles. The van der Waals surface area contributed by atoms with Crippen molar-refractivity contribution in [2.75, 3.05) is 0 Å². The van der Waals surface area contributed by atoms with Crippen molar-refractivity contribution in [2.45, 2.75) is 41.7 Å². The molecule has 0 N–H and O–H groups in total. The maximum atomic E-state index is 4.61. The highest BCUT2D eigenvalue weighted by molar-refractivity contribution is 8.00. The van der Waals surface area contributed by atoms with Gasteiger partial charge in [0.1, 0.15) is 5.82 Å². The Bertz CT molecular complexity index is 776. The van der Waals surface area contributed by atoms with E-state index in [9.17, 15) is 0 Å². The molecule has 0 bridgehead atoms. The van der Waals surface area contributed by atoms with Gasteiger partial charge in [0.15, 0.2) is 15.3 Å². The Morgan fingerprint density at radius 1 is 1.23 bits per heavy atom. The van der Waals surface area contributed by atoms with Crippen LogP contribution < -0.4 is 0 Å². The summed E-state index contributed by atoms with van der Waals surface area (Å²) in [4.78, 5) is 4.61. The molecular formula is C15H15N5S2. The number of nitrogens with zero attached hydrogens (tertiary/aromatic N) is 5. The number of hydrogen-bond acceptors (Lipinski definition) is 6. The average molecular weight is 329 g/mol. The van der Waals surface area contributed by atoms with Crippen LogP contribution >= 0.6 is 23.3 Å². The lowest BCUT2D eigenvalue weighted by Crippen LogP contribution is -1.99.